The van der Waals surface area contributed by atoms with Crippen molar-refractivity contribution in [2.24, 2.45) is 0 Å². The molecule has 4 heteroatoms. The molecule has 0 aliphatic heterocycles. The first-order valence-corrected chi connectivity index (χ1v) is 5.04. The van der Waals surface area contributed by atoms with Crippen LogP contribution in [0.15, 0.2) is 24.3 Å². The Balaban J connectivity index is 2.39. The van der Waals surface area contributed by atoms with Gasteiger partial charge in [0.15, 0.2) is 5.78 Å². The first kappa shape index (κ1) is 11.5. The molecular formula is C10H10Cl2O2. The van der Waals surface area contributed by atoms with E-state index in [0.29, 0.717) is 11.6 Å². The van der Waals surface area contributed by atoms with Crippen molar-refractivity contribution in [1.82, 2.24) is 0 Å². The Morgan fingerprint density at radius 1 is 1.36 bits per heavy atom. The van der Waals surface area contributed by atoms with Crippen LogP contribution in [0.25, 0.3) is 0 Å². The van der Waals surface area contributed by atoms with Crippen LogP contribution in [0.4, 0.5) is 0 Å². The number of carbonyl (C=O) groups excluding carboxylic acids is 1. The standard InChI is InChI=1S/C10H10Cl2O2/c11-5-9(13)7-14-6-8-3-1-2-4-10(8)12/h1-4H,5-7H2. The van der Waals surface area contributed by atoms with Crippen molar-refractivity contribution in [3.63, 3.8) is 0 Å². The Bertz CT molecular complexity index is 313. The van der Waals surface area contributed by atoms with Crippen LogP contribution in [0, 0.1) is 0 Å². The van der Waals surface area contributed by atoms with Gasteiger partial charge in [-0.15, -0.1) is 11.6 Å². The number of halogens is 2. The number of hydrogen-bond donors (Lipinski definition) is 0. The topological polar surface area (TPSA) is 26.3 Å². The zero-order valence-corrected chi connectivity index (χ0v) is 9.02. The third kappa shape index (κ3) is 3.66. The molecule has 76 valence electrons. The van der Waals surface area contributed by atoms with E-state index in [1.165, 1.54) is 0 Å². The summed E-state index contributed by atoms with van der Waals surface area (Å²) >= 11 is 11.2. The summed E-state index contributed by atoms with van der Waals surface area (Å²) in [6.07, 6.45) is 0. The van der Waals surface area contributed by atoms with Gasteiger partial charge >= 0.3 is 0 Å². The van der Waals surface area contributed by atoms with Gasteiger partial charge in [0, 0.05) is 5.02 Å². The lowest BCUT2D eigenvalue weighted by atomic mass is 10.2. The van der Waals surface area contributed by atoms with Crippen LogP contribution in [0.1, 0.15) is 5.56 Å². The average Bonchev–Trinajstić information content (AvgIpc) is 2.20. The van der Waals surface area contributed by atoms with Crippen LogP contribution < -0.4 is 0 Å². The minimum absolute atomic E-state index is 0.0114. The van der Waals surface area contributed by atoms with Gasteiger partial charge in [-0.1, -0.05) is 29.8 Å². The molecule has 1 rings (SSSR count). The second-order valence-electron chi connectivity index (χ2n) is 2.76. The van der Waals surface area contributed by atoms with Gasteiger partial charge in [-0.25, -0.2) is 0 Å². The molecule has 0 unspecified atom stereocenters. The molecule has 0 saturated carbocycles. The van der Waals surface area contributed by atoms with E-state index >= 15 is 0 Å². The summed E-state index contributed by atoms with van der Waals surface area (Å²) in [5.41, 5.74) is 0.872. The molecule has 0 fully saturated rings. The predicted molar refractivity (Wildman–Crippen MR) is 56.8 cm³/mol. The number of ether oxygens (including phenoxy) is 1. The number of rotatable bonds is 5. The normalized spacial score (nSPS) is 10.1. The predicted octanol–water partition coefficient (Wildman–Crippen LogP) is 2.66. The number of benzene rings is 1. The Hall–Kier alpha value is -0.570. The van der Waals surface area contributed by atoms with Crippen LogP contribution in [0.3, 0.4) is 0 Å². The van der Waals surface area contributed by atoms with Crippen LogP contribution in [-0.4, -0.2) is 18.3 Å². The smallest absolute Gasteiger partial charge is 0.173 e. The first-order valence-electron chi connectivity index (χ1n) is 4.13. The van der Waals surface area contributed by atoms with E-state index in [0.717, 1.165) is 5.56 Å². The third-order valence-electron chi connectivity index (χ3n) is 1.63. The van der Waals surface area contributed by atoms with Crippen molar-refractivity contribution in [2.75, 3.05) is 12.5 Å². The molecule has 2 nitrogen and oxygen atoms in total. The van der Waals surface area contributed by atoms with Gasteiger partial charge in [0.25, 0.3) is 0 Å². The number of Topliss-reactive ketones (excluding diaryl/α,β-unsaturated/α-hetero) is 1. The first-order chi connectivity index (χ1) is 6.74. The molecule has 1 aromatic rings. The van der Waals surface area contributed by atoms with Gasteiger partial charge in [-0.05, 0) is 11.6 Å². The highest BCUT2D eigenvalue weighted by Gasteiger charge is 2.01. The van der Waals surface area contributed by atoms with Crippen molar-refractivity contribution in [3.05, 3.63) is 34.9 Å². The van der Waals surface area contributed by atoms with Crippen LogP contribution in [0.5, 0.6) is 0 Å². The fourth-order valence-corrected chi connectivity index (χ4v) is 1.20. The van der Waals surface area contributed by atoms with Crippen LogP contribution in [0.2, 0.25) is 5.02 Å². The van der Waals surface area contributed by atoms with Crippen LogP contribution in [-0.2, 0) is 16.1 Å². The second-order valence-corrected chi connectivity index (χ2v) is 3.43. The maximum absolute atomic E-state index is 10.8. The van der Waals surface area contributed by atoms with Gasteiger partial charge in [0.1, 0.15) is 6.61 Å². The fraction of sp³-hybridized carbons (Fsp3) is 0.300. The molecule has 0 atom stereocenters. The molecule has 1 aromatic carbocycles. The SMILES string of the molecule is O=C(CCl)COCc1ccccc1Cl. The molecule has 0 amide bonds. The minimum atomic E-state index is -0.126. The van der Waals surface area contributed by atoms with E-state index in [1.54, 1.807) is 6.07 Å². The molecular weight excluding hydrogens is 223 g/mol. The second kappa shape index (κ2) is 6.02. The largest absolute Gasteiger partial charge is 0.369 e. The Labute approximate surface area is 92.8 Å². The summed E-state index contributed by atoms with van der Waals surface area (Å²) in [7, 11) is 0. The lowest BCUT2D eigenvalue weighted by Gasteiger charge is -2.04. The maximum Gasteiger partial charge on any atom is 0.173 e. The summed E-state index contributed by atoms with van der Waals surface area (Å²) in [5.74, 6) is -0.138. The van der Waals surface area contributed by atoms with Gasteiger partial charge < -0.3 is 4.74 Å². The molecule has 0 saturated heterocycles. The van der Waals surface area contributed by atoms with E-state index in [9.17, 15) is 4.79 Å². The Morgan fingerprint density at radius 3 is 2.71 bits per heavy atom. The molecule has 0 bridgehead atoms. The molecule has 14 heavy (non-hydrogen) atoms. The van der Waals surface area contributed by atoms with Crippen molar-refractivity contribution < 1.29 is 9.53 Å². The summed E-state index contributed by atoms with van der Waals surface area (Å²) < 4.78 is 5.13. The van der Waals surface area contributed by atoms with Gasteiger partial charge in [-0.3, -0.25) is 4.79 Å². The van der Waals surface area contributed by atoms with Crippen molar-refractivity contribution in [1.29, 1.82) is 0 Å². The fourth-order valence-electron chi connectivity index (χ4n) is 0.929. The number of hydrogen-bond acceptors (Lipinski definition) is 2. The van der Waals surface area contributed by atoms with Crippen molar-refractivity contribution >= 4 is 29.0 Å². The highest BCUT2D eigenvalue weighted by molar-refractivity contribution is 6.31. The molecule has 0 aromatic heterocycles. The molecule has 0 heterocycles. The zero-order valence-electron chi connectivity index (χ0n) is 7.50. The van der Waals surface area contributed by atoms with E-state index < -0.39 is 0 Å². The zero-order chi connectivity index (χ0) is 10.4. The highest BCUT2D eigenvalue weighted by Crippen LogP contribution is 2.15. The molecule has 0 aliphatic rings. The van der Waals surface area contributed by atoms with Crippen LogP contribution >= 0.6 is 23.2 Å². The minimum Gasteiger partial charge on any atom is -0.369 e. The van der Waals surface area contributed by atoms with E-state index in [2.05, 4.69) is 0 Å². The highest BCUT2D eigenvalue weighted by atomic mass is 35.5. The van der Waals surface area contributed by atoms with Crippen molar-refractivity contribution in [3.8, 4) is 0 Å². The van der Waals surface area contributed by atoms with E-state index in [-0.39, 0.29) is 18.3 Å². The van der Waals surface area contributed by atoms with E-state index in [1.807, 2.05) is 18.2 Å². The monoisotopic (exact) mass is 232 g/mol. The summed E-state index contributed by atoms with van der Waals surface area (Å²) in [6, 6.07) is 7.35. The maximum atomic E-state index is 10.8. The molecule has 0 radical (unpaired) electrons. The quantitative estimate of drug-likeness (QED) is 0.731. The Morgan fingerprint density at radius 2 is 2.07 bits per heavy atom. The average molecular weight is 233 g/mol. The summed E-state index contributed by atoms with van der Waals surface area (Å²) in [6.45, 7) is 0.372. The van der Waals surface area contributed by atoms with Crippen molar-refractivity contribution in [2.45, 2.75) is 6.61 Å². The Kier molecular flexibility index (Phi) is 4.94. The number of alkyl halides is 1. The van der Waals surface area contributed by atoms with E-state index in [4.69, 9.17) is 27.9 Å². The molecule has 0 aliphatic carbocycles. The van der Waals surface area contributed by atoms with Gasteiger partial charge in [0.05, 0.1) is 12.5 Å². The summed E-state index contributed by atoms with van der Waals surface area (Å²) in [4.78, 5) is 10.8. The lowest BCUT2D eigenvalue weighted by molar-refractivity contribution is -0.121. The number of ketones is 1. The van der Waals surface area contributed by atoms with Gasteiger partial charge in [0.2, 0.25) is 0 Å². The van der Waals surface area contributed by atoms with Gasteiger partial charge in [-0.2, -0.15) is 0 Å². The lowest BCUT2D eigenvalue weighted by Crippen LogP contribution is -2.09. The molecule has 0 N–H and O–H groups in total. The summed E-state index contributed by atoms with van der Waals surface area (Å²) in [5, 5.41) is 0.644. The number of carbonyl (C=O) groups is 1. The third-order valence-corrected chi connectivity index (χ3v) is 2.29. The molecule has 0 spiro atoms.